The standard InChI is InChI=1S/C9H12ClFN2/c1-6-4-7(5-9(10)13-6)8(11)2-3-12/h4-5,8H,2-3,12H2,1H3. The van der Waals surface area contributed by atoms with Gasteiger partial charge in [-0.1, -0.05) is 11.6 Å². The first kappa shape index (κ1) is 10.4. The van der Waals surface area contributed by atoms with Crippen LogP contribution in [-0.4, -0.2) is 11.5 Å². The van der Waals surface area contributed by atoms with E-state index in [-0.39, 0.29) is 0 Å². The Kier molecular flexibility index (Phi) is 3.63. The van der Waals surface area contributed by atoms with E-state index in [2.05, 4.69) is 4.98 Å². The fourth-order valence-corrected chi connectivity index (χ4v) is 1.41. The van der Waals surface area contributed by atoms with Gasteiger partial charge < -0.3 is 5.73 Å². The molecule has 13 heavy (non-hydrogen) atoms. The zero-order valence-electron chi connectivity index (χ0n) is 7.43. The van der Waals surface area contributed by atoms with Crippen molar-refractivity contribution >= 4 is 11.6 Å². The van der Waals surface area contributed by atoms with E-state index in [9.17, 15) is 4.39 Å². The zero-order chi connectivity index (χ0) is 9.84. The van der Waals surface area contributed by atoms with Crippen LogP contribution in [0.3, 0.4) is 0 Å². The lowest BCUT2D eigenvalue weighted by molar-refractivity contribution is 0.327. The largest absolute Gasteiger partial charge is 0.330 e. The molecule has 0 bridgehead atoms. The normalized spacial score (nSPS) is 12.9. The Morgan fingerprint density at radius 2 is 2.31 bits per heavy atom. The SMILES string of the molecule is Cc1cc(C(F)CCN)cc(Cl)n1. The van der Waals surface area contributed by atoms with Gasteiger partial charge in [0.25, 0.3) is 0 Å². The maximum Gasteiger partial charge on any atom is 0.129 e. The molecule has 0 spiro atoms. The topological polar surface area (TPSA) is 38.9 Å². The number of nitrogens with zero attached hydrogens (tertiary/aromatic N) is 1. The summed E-state index contributed by atoms with van der Waals surface area (Å²) in [5.74, 6) is 0. The average Bonchev–Trinajstić information content (AvgIpc) is 2.03. The van der Waals surface area contributed by atoms with Crippen LogP contribution >= 0.6 is 11.6 Å². The molecule has 4 heteroatoms. The van der Waals surface area contributed by atoms with Crippen LogP contribution < -0.4 is 5.73 Å². The molecule has 0 aliphatic heterocycles. The van der Waals surface area contributed by atoms with E-state index in [1.165, 1.54) is 6.07 Å². The molecule has 0 fully saturated rings. The van der Waals surface area contributed by atoms with Gasteiger partial charge in [-0.2, -0.15) is 0 Å². The van der Waals surface area contributed by atoms with Gasteiger partial charge in [0.15, 0.2) is 0 Å². The number of pyridine rings is 1. The third-order valence-electron chi connectivity index (χ3n) is 1.73. The molecule has 1 aromatic heterocycles. The van der Waals surface area contributed by atoms with Crippen LogP contribution in [0.25, 0.3) is 0 Å². The number of alkyl halides is 1. The number of aryl methyl sites for hydroxylation is 1. The lowest BCUT2D eigenvalue weighted by Crippen LogP contribution is -2.04. The van der Waals surface area contributed by atoms with Crippen molar-refractivity contribution in [1.82, 2.24) is 4.98 Å². The predicted molar refractivity (Wildman–Crippen MR) is 51.5 cm³/mol. The molecule has 1 aromatic rings. The second kappa shape index (κ2) is 4.53. The Morgan fingerprint density at radius 3 is 2.85 bits per heavy atom. The Morgan fingerprint density at radius 1 is 1.62 bits per heavy atom. The van der Waals surface area contributed by atoms with Gasteiger partial charge in [0.2, 0.25) is 0 Å². The van der Waals surface area contributed by atoms with Gasteiger partial charge in [-0.25, -0.2) is 9.37 Å². The summed E-state index contributed by atoms with van der Waals surface area (Å²) in [6, 6.07) is 3.22. The summed E-state index contributed by atoms with van der Waals surface area (Å²) in [6.07, 6.45) is -0.719. The molecule has 0 aromatic carbocycles. The van der Waals surface area contributed by atoms with Crippen molar-refractivity contribution in [2.45, 2.75) is 19.5 Å². The van der Waals surface area contributed by atoms with Crippen molar-refractivity contribution in [3.63, 3.8) is 0 Å². The van der Waals surface area contributed by atoms with Crippen molar-refractivity contribution in [2.75, 3.05) is 6.54 Å². The van der Waals surface area contributed by atoms with Crippen LogP contribution in [0.1, 0.15) is 23.8 Å². The molecule has 0 aliphatic carbocycles. The summed E-state index contributed by atoms with van der Waals surface area (Å²) in [6.45, 7) is 2.12. The third kappa shape index (κ3) is 2.94. The van der Waals surface area contributed by atoms with Gasteiger partial charge in [0, 0.05) is 5.69 Å². The molecule has 0 radical (unpaired) electrons. The first-order valence-electron chi connectivity index (χ1n) is 4.11. The molecule has 1 heterocycles. The molecule has 1 rings (SSSR count). The lowest BCUT2D eigenvalue weighted by Gasteiger charge is -2.07. The molecule has 0 saturated carbocycles. The van der Waals surface area contributed by atoms with Gasteiger partial charge >= 0.3 is 0 Å². The minimum atomic E-state index is -1.04. The minimum absolute atomic E-state index is 0.319. The number of hydrogen-bond donors (Lipinski definition) is 1. The van der Waals surface area contributed by atoms with Gasteiger partial charge in [0.05, 0.1) is 0 Å². The van der Waals surface area contributed by atoms with E-state index in [1.807, 2.05) is 0 Å². The highest BCUT2D eigenvalue weighted by Gasteiger charge is 2.09. The molecule has 0 amide bonds. The van der Waals surface area contributed by atoms with E-state index in [4.69, 9.17) is 17.3 Å². The number of hydrogen-bond acceptors (Lipinski definition) is 2. The molecule has 0 saturated heterocycles. The molecule has 2 nitrogen and oxygen atoms in total. The fourth-order valence-electron chi connectivity index (χ4n) is 1.15. The zero-order valence-corrected chi connectivity index (χ0v) is 8.18. The molecular formula is C9H12ClFN2. The van der Waals surface area contributed by atoms with Crippen molar-refractivity contribution in [2.24, 2.45) is 5.73 Å². The summed E-state index contributed by atoms with van der Waals surface area (Å²) >= 11 is 5.69. The average molecular weight is 203 g/mol. The first-order valence-corrected chi connectivity index (χ1v) is 4.49. The van der Waals surface area contributed by atoms with E-state index < -0.39 is 6.17 Å². The van der Waals surface area contributed by atoms with Crippen LogP contribution in [0.15, 0.2) is 12.1 Å². The highest BCUT2D eigenvalue weighted by molar-refractivity contribution is 6.29. The summed E-state index contributed by atoms with van der Waals surface area (Å²) in [5, 5.41) is 0.328. The quantitative estimate of drug-likeness (QED) is 0.765. The fraction of sp³-hybridized carbons (Fsp3) is 0.444. The van der Waals surface area contributed by atoms with E-state index in [0.717, 1.165) is 5.69 Å². The third-order valence-corrected chi connectivity index (χ3v) is 1.92. The van der Waals surface area contributed by atoms with Gasteiger partial charge in [-0.3, -0.25) is 0 Å². The molecule has 0 aliphatic rings. The monoisotopic (exact) mass is 202 g/mol. The van der Waals surface area contributed by atoms with Crippen molar-refractivity contribution < 1.29 is 4.39 Å². The van der Waals surface area contributed by atoms with Crippen LogP contribution in [-0.2, 0) is 0 Å². The summed E-state index contributed by atoms with van der Waals surface area (Å²) < 4.78 is 13.3. The van der Waals surface area contributed by atoms with Crippen molar-refractivity contribution in [3.8, 4) is 0 Å². The summed E-state index contributed by atoms with van der Waals surface area (Å²) in [7, 11) is 0. The maximum absolute atomic E-state index is 13.3. The predicted octanol–water partition coefficient (Wildman–Crippen LogP) is 2.40. The second-order valence-corrected chi connectivity index (χ2v) is 3.30. The van der Waals surface area contributed by atoms with E-state index in [1.54, 1.807) is 13.0 Å². The van der Waals surface area contributed by atoms with Crippen molar-refractivity contribution in [3.05, 3.63) is 28.5 Å². The highest BCUT2D eigenvalue weighted by atomic mass is 35.5. The molecule has 72 valence electrons. The van der Waals surface area contributed by atoms with Gasteiger partial charge in [-0.15, -0.1) is 0 Å². The smallest absolute Gasteiger partial charge is 0.129 e. The number of aromatic nitrogens is 1. The van der Waals surface area contributed by atoms with E-state index in [0.29, 0.717) is 23.7 Å². The maximum atomic E-state index is 13.3. The Labute approximate surface area is 81.9 Å². The van der Waals surface area contributed by atoms with Crippen LogP contribution in [0.2, 0.25) is 5.15 Å². The summed E-state index contributed by atoms with van der Waals surface area (Å²) in [5.41, 5.74) is 6.54. The first-order chi connectivity index (χ1) is 6.13. The van der Waals surface area contributed by atoms with Gasteiger partial charge in [-0.05, 0) is 37.6 Å². The van der Waals surface area contributed by atoms with Crippen LogP contribution in [0.4, 0.5) is 4.39 Å². The molecule has 1 atom stereocenters. The second-order valence-electron chi connectivity index (χ2n) is 2.91. The number of nitrogens with two attached hydrogens (primary N) is 1. The lowest BCUT2D eigenvalue weighted by atomic mass is 10.1. The van der Waals surface area contributed by atoms with Crippen molar-refractivity contribution in [1.29, 1.82) is 0 Å². The van der Waals surface area contributed by atoms with Gasteiger partial charge in [0.1, 0.15) is 11.3 Å². The number of halogens is 2. The Hall–Kier alpha value is -0.670. The van der Waals surface area contributed by atoms with E-state index >= 15 is 0 Å². The Bertz CT molecular complexity index is 271. The van der Waals surface area contributed by atoms with Crippen LogP contribution in [0.5, 0.6) is 0 Å². The molecule has 1 unspecified atom stereocenters. The summed E-state index contributed by atoms with van der Waals surface area (Å²) in [4.78, 5) is 3.94. The minimum Gasteiger partial charge on any atom is -0.330 e. The Balaban J connectivity index is 2.87. The highest BCUT2D eigenvalue weighted by Crippen LogP contribution is 2.23. The van der Waals surface area contributed by atoms with Crippen LogP contribution in [0, 0.1) is 6.92 Å². The molecule has 2 N–H and O–H groups in total. The molecular weight excluding hydrogens is 191 g/mol. The number of rotatable bonds is 3.